The Morgan fingerprint density at radius 3 is 1.89 bits per heavy atom. The maximum Gasteiger partial charge on any atom is 0.227 e. The Morgan fingerprint density at radius 2 is 1.27 bits per heavy atom. The zero-order valence-electron chi connectivity index (χ0n) is 39.9. The summed E-state index contributed by atoms with van der Waals surface area (Å²) in [5, 5.41) is 0. The predicted molar refractivity (Wildman–Crippen MR) is 270 cm³/mol. The van der Waals surface area contributed by atoms with Crippen molar-refractivity contribution < 1.29 is 9.15 Å². The second kappa shape index (κ2) is 20.6. The van der Waals surface area contributed by atoms with Crippen LogP contribution in [-0.4, -0.2) is 18.1 Å². The van der Waals surface area contributed by atoms with Crippen molar-refractivity contribution in [3.63, 3.8) is 0 Å². The van der Waals surface area contributed by atoms with E-state index < -0.39 is 0 Å². The van der Waals surface area contributed by atoms with Crippen molar-refractivity contribution in [1.82, 2.24) is 4.98 Å². The van der Waals surface area contributed by atoms with Gasteiger partial charge in [-0.05, 0) is 132 Å². The lowest BCUT2D eigenvalue weighted by Gasteiger charge is -2.29. The number of aromatic nitrogens is 1. The molecule has 0 spiro atoms. The second-order valence-corrected chi connectivity index (χ2v) is 20.5. The first-order chi connectivity index (χ1) is 30.2. The summed E-state index contributed by atoms with van der Waals surface area (Å²) in [6, 6.07) is 29.7. The van der Waals surface area contributed by atoms with Gasteiger partial charge < -0.3 is 19.8 Å². The number of benzene rings is 4. The molecule has 0 aliphatic heterocycles. The fourth-order valence-electron chi connectivity index (χ4n) is 9.48. The topological polar surface area (TPSA) is 64.5 Å². The quantitative estimate of drug-likeness (QED) is 0.0555. The molecule has 5 aromatic rings. The van der Waals surface area contributed by atoms with Crippen LogP contribution in [0.4, 0.5) is 11.4 Å². The first-order valence-corrected chi connectivity index (χ1v) is 24.3. The Kier molecular flexibility index (Phi) is 15.1. The zero-order valence-corrected chi connectivity index (χ0v) is 39.9. The Balaban J connectivity index is 0.986. The molecule has 2 aliphatic carbocycles. The van der Waals surface area contributed by atoms with Gasteiger partial charge in [0, 0.05) is 36.0 Å². The first kappa shape index (κ1) is 46.0. The van der Waals surface area contributed by atoms with E-state index in [0.29, 0.717) is 63.8 Å². The number of hydrogen-bond acceptors (Lipinski definition) is 5. The number of nitrogens with two attached hydrogens (primary N) is 1. The molecular weight excluding hydrogens is 771 g/mol. The molecule has 2 aliphatic rings. The van der Waals surface area contributed by atoms with Crippen LogP contribution in [0.25, 0.3) is 45.0 Å². The third-order valence-electron chi connectivity index (χ3n) is 13.7. The monoisotopic (exact) mass is 846 g/mol. The highest BCUT2D eigenvalue weighted by Gasteiger charge is 2.46. The summed E-state index contributed by atoms with van der Waals surface area (Å²) >= 11 is 0. The van der Waals surface area contributed by atoms with Crippen LogP contribution in [0.5, 0.6) is 5.75 Å². The minimum atomic E-state index is 0.484. The average molecular weight is 846 g/mol. The van der Waals surface area contributed by atoms with Crippen molar-refractivity contribution in [2.24, 2.45) is 47.3 Å². The third-order valence-corrected chi connectivity index (χ3v) is 13.7. The Labute approximate surface area is 379 Å². The maximum atomic E-state index is 6.52. The molecule has 0 radical (unpaired) electrons. The van der Waals surface area contributed by atoms with E-state index in [9.17, 15) is 0 Å². The molecule has 7 rings (SSSR count). The summed E-state index contributed by atoms with van der Waals surface area (Å²) < 4.78 is 12.6. The standard InChI is InChI=1S/C58H75N3O2/c1-37(2)12-11-13-43(15-14-38(3)4)41(9)50-28-29-51(53-34-52(50)53)47-20-22-48(23-21-47)58-60-55-35-54(59)56(36-57(55)63-58)62-42(10)44-16-18-45(19-17-44)46-24-26-49(27-25-46)61(32-30-39(5)6)33-31-40(7)8/h16-29,35-41,43,52-53H,10-15,30-34,59H2,1-9H3. The SMILES string of the molecule is C=C(Oc1cc2oc(-c3ccc(C4=CC=C(C(C)C(CCCC(C)C)CCC(C)C)C5CC45)cc3)nc2cc1N)c1ccc(-c2ccc(N(CCC(C)C)CCC(C)C)cc2)cc1. The van der Waals surface area contributed by atoms with Crippen molar-refractivity contribution in [1.29, 1.82) is 0 Å². The smallest absolute Gasteiger partial charge is 0.227 e. The van der Waals surface area contributed by atoms with Crippen LogP contribution >= 0.6 is 0 Å². The number of nitrogen functional groups attached to an aromatic ring is 1. The Bertz CT molecular complexity index is 2330. The van der Waals surface area contributed by atoms with Gasteiger partial charge in [0.05, 0.1) is 5.69 Å². The molecule has 1 heterocycles. The van der Waals surface area contributed by atoms with Gasteiger partial charge >= 0.3 is 0 Å². The minimum absolute atomic E-state index is 0.484. The number of ether oxygens (including phenoxy) is 1. The number of oxazole rings is 1. The van der Waals surface area contributed by atoms with Crippen LogP contribution < -0.4 is 15.4 Å². The van der Waals surface area contributed by atoms with Crippen LogP contribution in [0.1, 0.15) is 125 Å². The van der Waals surface area contributed by atoms with E-state index in [1.165, 1.54) is 73.8 Å². The van der Waals surface area contributed by atoms with Gasteiger partial charge in [-0.3, -0.25) is 0 Å². The second-order valence-electron chi connectivity index (χ2n) is 20.5. The van der Waals surface area contributed by atoms with Crippen LogP contribution in [0.3, 0.4) is 0 Å². The number of rotatable bonds is 22. The van der Waals surface area contributed by atoms with Crippen LogP contribution in [0.15, 0.2) is 114 Å². The zero-order chi connectivity index (χ0) is 44.8. The van der Waals surface area contributed by atoms with Crippen molar-refractivity contribution in [2.45, 2.75) is 114 Å². The summed E-state index contributed by atoms with van der Waals surface area (Å²) in [6.07, 6.45) is 15.3. The molecule has 0 amide bonds. The molecule has 63 heavy (non-hydrogen) atoms. The lowest BCUT2D eigenvalue weighted by atomic mass is 9.76. The molecule has 1 saturated carbocycles. The highest BCUT2D eigenvalue weighted by molar-refractivity contribution is 5.84. The van der Waals surface area contributed by atoms with E-state index in [1.807, 2.05) is 12.1 Å². The van der Waals surface area contributed by atoms with E-state index in [1.54, 1.807) is 5.57 Å². The van der Waals surface area contributed by atoms with E-state index >= 15 is 0 Å². The van der Waals surface area contributed by atoms with Crippen LogP contribution in [0.2, 0.25) is 0 Å². The Hall–Kier alpha value is -5.03. The van der Waals surface area contributed by atoms with E-state index in [-0.39, 0.29) is 0 Å². The lowest BCUT2D eigenvalue weighted by Crippen LogP contribution is -2.27. The molecule has 4 aromatic carbocycles. The molecule has 1 fully saturated rings. The molecule has 4 unspecified atom stereocenters. The highest BCUT2D eigenvalue weighted by Crippen LogP contribution is 2.57. The summed E-state index contributed by atoms with van der Waals surface area (Å²) in [7, 11) is 0. The van der Waals surface area contributed by atoms with Crippen molar-refractivity contribution in [3.05, 3.63) is 120 Å². The van der Waals surface area contributed by atoms with Crippen LogP contribution in [-0.2, 0) is 0 Å². The predicted octanol–water partition coefficient (Wildman–Crippen LogP) is 16.2. The fourth-order valence-corrected chi connectivity index (χ4v) is 9.48. The van der Waals surface area contributed by atoms with Gasteiger partial charge in [0.25, 0.3) is 0 Å². The fraction of sp³-hybridized carbons (Fsp3) is 0.466. The Morgan fingerprint density at radius 1 is 0.683 bits per heavy atom. The molecule has 0 saturated heterocycles. The molecule has 0 bridgehead atoms. The molecular formula is C58H75N3O2. The van der Waals surface area contributed by atoms with Gasteiger partial charge in [-0.1, -0.05) is 154 Å². The summed E-state index contributed by atoms with van der Waals surface area (Å²) in [5.74, 6) is 7.26. The van der Waals surface area contributed by atoms with E-state index in [4.69, 9.17) is 19.9 Å². The van der Waals surface area contributed by atoms with Gasteiger partial charge in [0.1, 0.15) is 11.3 Å². The first-order valence-electron chi connectivity index (χ1n) is 24.3. The van der Waals surface area contributed by atoms with E-state index in [2.05, 4.69) is 159 Å². The van der Waals surface area contributed by atoms with Gasteiger partial charge in [-0.15, -0.1) is 0 Å². The van der Waals surface area contributed by atoms with Gasteiger partial charge in [-0.2, -0.15) is 0 Å². The van der Waals surface area contributed by atoms with Gasteiger partial charge in [0.2, 0.25) is 5.89 Å². The minimum Gasteiger partial charge on any atom is -0.455 e. The van der Waals surface area contributed by atoms with E-state index in [0.717, 1.165) is 47.5 Å². The van der Waals surface area contributed by atoms with Gasteiger partial charge in [0.15, 0.2) is 11.3 Å². The van der Waals surface area contributed by atoms with Crippen molar-refractivity contribution in [2.75, 3.05) is 23.7 Å². The van der Waals surface area contributed by atoms with Gasteiger partial charge in [-0.25, -0.2) is 4.98 Å². The molecule has 2 N–H and O–H groups in total. The number of fused-ring (bicyclic) bond motifs is 2. The average Bonchev–Trinajstić information content (AvgIpc) is 3.97. The largest absolute Gasteiger partial charge is 0.455 e. The molecule has 1 aromatic heterocycles. The third kappa shape index (κ3) is 11.8. The number of allylic oxidation sites excluding steroid dienone is 4. The summed E-state index contributed by atoms with van der Waals surface area (Å²) in [4.78, 5) is 7.36. The molecule has 5 nitrogen and oxygen atoms in total. The highest BCUT2D eigenvalue weighted by atomic mass is 16.5. The molecule has 334 valence electrons. The number of hydrogen-bond donors (Lipinski definition) is 1. The summed E-state index contributed by atoms with van der Waals surface area (Å²) in [5.41, 5.74) is 18.2. The summed E-state index contributed by atoms with van der Waals surface area (Å²) in [6.45, 7) is 27.6. The molecule has 4 atom stereocenters. The maximum absolute atomic E-state index is 6.52. The van der Waals surface area contributed by atoms with Crippen LogP contribution in [0, 0.1) is 47.3 Å². The number of nitrogens with zero attached hydrogens (tertiary/aromatic N) is 2. The van der Waals surface area contributed by atoms with Crippen molar-refractivity contribution >= 4 is 33.8 Å². The molecule has 5 heteroatoms. The number of anilines is 2. The normalized spacial score (nSPS) is 17.0. The lowest BCUT2D eigenvalue weighted by molar-refractivity contribution is 0.303. The van der Waals surface area contributed by atoms with Crippen molar-refractivity contribution in [3.8, 4) is 28.3 Å².